The van der Waals surface area contributed by atoms with E-state index in [9.17, 15) is 9.59 Å². The molecule has 0 saturated heterocycles. The lowest BCUT2D eigenvalue weighted by molar-refractivity contribution is 0.0733. The lowest BCUT2D eigenvalue weighted by atomic mass is 10.1. The van der Waals surface area contributed by atoms with E-state index in [0.29, 0.717) is 16.9 Å². The van der Waals surface area contributed by atoms with E-state index in [4.69, 9.17) is 4.74 Å². The number of amides is 1. The Hall–Kier alpha value is -4.45. The van der Waals surface area contributed by atoms with Crippen LogP contribution in [0.15, 0.2) is 90.0 Å². The third kappa shape index (κ3) is 5.13. The quantitative estimate of drug-likeness (QED) is 0.185. The molecule has 6 nitrogen and oxygen atoms in total. The van der Waals surface area contributed by atoms with Crippen molar-refractivity contribution in [3.8, 4) is 11.4 Å². The van der Waals surface area contributed by atoms with Crippen molar-refractivity contribution in [2.45, 2.75) is 20.8 Å². The van der Waals surface area contributed by atoms with Gasteiger partial charge in [-0.15, -0.1) is 0 Å². The van der Waals surface area contributed by atoms with Crippen LogP contribution in [0.1, 0.15) is 43.2 Å². The van der Waals surface area contributed by atoms with Crippen LogP contribution in [0.2, 0.25) is 0 Å². The maximum Gasteiger partial charge on any atom is 0.343 e. The smallest absolute Gasteiger partial charge is 0.343 e. The van der Waals surface area contributed by atoms with Gasteiger partial charge < -0.3 is 9.30 Å². The first-order chi connectivity index (χ1) is 16.4. The Morgan fingerprint density at radius 1 is 0.824 bits per heavy atom. The lowest BCUT2D eigenvalue weighted by Crippen LogP contribution is -2.17. The van der Waals surface area contributed by atoms with Gasteiger partial charge in [0.15, 0.2) is 0 Å². The zero-order valence-corrected chi connectivity index (χ0v) is 19.3. The van der Waals surface area contributed by atoms with E-state index in [1.165, 1.54) is 6.21 Å². The second-order valence-electron chi connectivity index (χ2n) is 7.97. The number of nitrogens with zero attached hydrogens (tertiary/aromatic N) is 2. The Kier molecular flexibility index (Phi) is 6.69. The molecular formula is C28H25N3O3. The molecule has 1 heterocycles. The highest BCUT2D eigenvalue weighted by Crippen LogP contribution is 2.17. The summed E-state index contributed by atoms with van der Waals surface area (Å²) < 4.78 is 7.56. The van der Waals surface area contributed by atoms with E-state index in [0.717, 1.165) is 28.2 Å². The van der Waals surface area contributed by atoms with Gasteiger partial charge in [0.2, 0.25) is 0 Å². The summed E-state index contributed by atoms with van der Waals surface area (Å²) in [6.07, 6.45) is 1.53. The molecule has 0 unspecified atom stereocenters. The molecule has 0 aliphatic heterocycles. The molecule has 4 aromatic rings. The van der Waals surface area contributed by atoms with Crippen LogP contribution < -0.4 is 10.2 Å². The van der Waals surface area contributed by atoms with Crippen molar-refractivity contribution in [3.63, 3.8) is 0 Å². The molecule has 0 radical (unpaired) electrons. The fourth-order valence-electron chi connectivity index (χ4n) is 3.65. The first kappa shape index (κ1) is 22.7. The van der Waals surface area contributed by atoms with Crippen molar-refractivity contribution < 1.29 is 14.3 Å². The maximum absolute atomic E-state index is 12.4. The van der Waals surface area contributed by atoms with Crippen molar-refractivity contribution in [3.05, 3.63) is 119 Å². The molecule has 34 heavy (non-hydrogen) atoms. The minimum Gasteiger partial charge on any atom is -0.423 e. The molecule has 6 heteroatoms. The van der Waals surface area contributed by atoms with Crippen LogP contribution in [-0.4, -0.2) is 22.7 Å². The van der Waals surface area contributed by atoms with Gasteiger partial charge in [0.05, 0.1) is 11.8 Å². The maximum atomic E-state index is 12.4. The summed E-state index contributed by atoms with van der Waals surface area (Å²) in [7, 11) is 0. The summed E-state index contributed by atoms with van der Waals surface area (Å²) in [6.45, 7) is 5.95. The van der Waals surface area contributed by atoms with Crippen molar-refractivity contribution >= 4 is 18.1 Å². The standard InChI is InChI=1S/C28H25N3O3/c1-19-6-4-5-7-26(19)28(33)34-25-16-10-22(11-17-25)18-29-30-27(32)23-12-14-24(15-13-23)31-20(2)8-9-21(31)3/h4-18H,1-3H3,(H,30,32). The topological polar surface area (TPSA) is 72.7 Å². The summed E-state index contributed by atoms with van der Waals surface area (Å²) >= 11 is 0. The van der Waals surface area contributed by atoms with Gasteiger partial charge in [-0.1, -0.05) is 18.2 Å². The van der Waals surface area contributed by atoms with Crippen LogP contribution in [0, 0.1) is 20.8 Å². The molecule has 0 aliphatic carbocycles. The monoisotopic (exact) mass is 451 g/mol. The Balaban J connectivity index is 1.34. The summed E-state index contributed by atoms with van der Waals surface area (Å²) in [4.78, 5) is 24.7. The van der Waals surface area contributed by atoms with E-state index < -0.39 is 5.97 Å². The number of hydrogen-bond acceptors (Lipinski definition) is 4. The minimum absolute atomic E-state index is 0.299. The fourth-order valence-corrected chi connectivity index (χ4v) is 3.65. The van der Waals surface area contributed by atoms with Gasteiger partial charge in [-0.2, -0.15) is 5.10 Å². The highest BCUT2D eigenvalue weighted by Gasteiger charge is 2.11. The lowest BCUT2D eigenvalue weighted by Gasteiger charge is -2.10. The number of carbonyl (C=O) groups excluding carboxylic acids is 2. The highest BCUT2D eigenvalue weighted by molar-refractivity contribution is 5.95. The number of esters is 1. The van der Waals surface area contributed by atoms with Gasteiger partial charge in [-0.25, -0.2) is 10.2 Å². The number of nitrogens with one attached hydrogen (secondary N) is 1. The summed E-state index contributed by atoms with van der Waals surface area (Å²) in [6, 6.07) is 25.6. The molecule has 170 valence electrons. The van der Waals surface area contributed by atoms with E-state index in [1.54, 1.807) is 48.5 Å². The van der Waals surface area contributed by atoms with Crippen molar-refractivity contribution in [2.75, 3.05) is 0 Å². The van der Waals surface area contributed by atoms with E-state index >= 15 is 0 Å². The first-order valence-corrected chi connectivity index (χ1v) is 10.9. The zero-order chi connectivity index (χ0) is 24.1. The summed E-state index contributed by atoms with van der Waals surface area (Å²) in [5.74, 6) is -0.268. The third-order valence-electron chi connectivity index (χ3n) is 5.49. The Bertz CT molecular complexity index is 1330. The number of aromatic nitrogens is 1. The van der Waals surface area contributed by atoms with Gasteiger partial charge in [0.25, 0.3) is 5.91 Å². The number of benzene rings is 3. The minimum atomic E-state index is -0.403. The van der Waals surface area contributed by atoms with Gasteiger partial charge in [-0.05, 0) is 98.6 Å². The molecule has 3 aromatic carbocycles. The van der Waals surface area contributed by atoms with Crippen LogP contribution in [0.4, 0.5) is 0 Å². The van der Waals surface area contributed by atoms with Gasteiger partial charge in [0.1, 0.15) is 5.75 Å². The summed E-state index contributed by atoms with van der Waals surface area (Å²) in [5, 5.41) is 4.03. The van der Waals surface area contributed by atoms with Gasteiger partial charge in [0, 0.05) is 22.6 Å². The average Bonchev–Trinajstić information content (AvgIpc) is 3.18. The van der Waals surface area contributed by atoms with Crippen LogP contribution in [0.3, 0.4) is 0 Å². The van der Waals surface area contributed by atoms with Crippen molar-refractivity contribution in [1.82, 2.24) is 9.99 Å². The molecule has 0 aliphatic rings. The second-order valence-corrected chi connectivity index (χ2v) is 7.97. The zero-order valence-electron chi connectivity index (χ0n) is 19.3. The van der Waals surface area contributed by atoms with Crippen LogP contribution >= 0.6 is 0 Å². The normalized spacial score (nSPS) is 10.9. The molecular weight excluding hydrogens is 426 g/mol. The predicted molar refractivity (Wildman–Crippen MR) is 133 cm³/mol. The molecule has 0 bridgehead atoms. The molecule has 1 N–H and O–H groups in total. The number of ether oxygens (including phenoxy) is 1. The molecule has 0 fully saturated rings. The number of hydrazone groups is 1. The Morgan fingerprint density at radius 2 is 1.47 bits per heavy atom. The average molecular weight is 452 g/mol. The van der Waals surface area contributed by atoms with Crippen LogP contribution in [-0.2, 0) is 0 Å². The molecule has 0 atom stereocenters. The highest BCUT2D eigenvalue weighted by atomic mass is 16.5. The molecule has 0 saturated carbocycles. The van der Waals surface area contributed by atoms with Crippen molar-refractivity contribution in [2.24, 2.45) is 5.10 Å². The number of rotatable bonds is 6. The SMILES string of the molecule is Cc1ccccc1C(=O)Oc1ccc(C=NNC(=O)c2ccc(-n3c(C)ccc3C)cc2)cc1. The van der Waals surface area contributed by atoms with Crippen molar-refractivity contribution in [1.29, 1.82) is 0 Å². The van der Waals surface area contributed by atoms with Crippen LogP contribution in [0.5, 0.6) is 5.75 Å². The molecule has 4 rings (SSSR count). The third-order valence-corrected chi connectivity index (χ3v) is 5.49. The van der Waals surface area contributed by atoms with Gasteiger partial charge in [-0.3, -0.25) is 4.79 Å². The summed E-state index contributed by atoms with van der Waals surface area (Å²) in [5.41, 5.74) is 8.47. The molecule has 0 spiro atoms. The Labute approximate surface area is 198 Å². The molecule has 1 aromatic heterocycles. The number of carbonyl (C=O) groups is 2. The van der Waals surface area contributed by atoms with E-state index in [1.807, 2.05) is 45.0 Å². The largest absolute Gasteiger partial charge is 0.423 e. The van der Waals surface area contributed by atoms with E-state index in [2.05, 4.69) is 27.2 Å². The first-order valence-electron chi connectivity index (χ1n) is 10.9. The predicted octanol–water partition coefficient (Wildman–Crippen LogP) is 5.39. The Morgan fingerprint density at radius 3 is 2.12 bits per heavy atom. The van der Waals surface area contributed by atoms with Crippen LogP contribution in [0.25, 0.3) is 5.69 Å². The van der Waals surface area contributed by atoms with Gasteiger partial charge >= 0.3 is 5.97 Å². The second kappa shape index (κ2) is 10.0. The number of aryl methyl sites for hydroxylation is 3. The molecule has 1 amide bonds. The number of hydrogen-bond donors (Lipinski definition) is 1. The fraction of sp³-hybridized carbons (Fsp3) is 0.107. The van der Waals surface area contributed by atoms with E-state index in [-0.39, 0.29) is 5.91 Å².